The van der Waals surface area contributed by atoms with Crippen LogP contribution in [-0.2, 0) is 29.2 Å². The number of benzene rings is 1. The minimum Gasteiger partial charge on any atom is -0.383 e. The van der Waals surface area contributed by atoms with Gasteiger partial charge in [-0.15, -0.1) is 0 Å². The maximum atomic E-state index is 14.3. The molecule has 3 N–H and O–H groups in total. The first kappa shape index (κ1) is 24.4. The third kappa shape index (κ3) is 4.19. The lowest BCUT2D eigenvalue weighted by atomic mass is 10.1. The number of pyridine rings is 2. The van der Waals surface area contributed by atoms with E-state index in [9.17, 15) is 13.6 Å². The number of hydrogen-bond acceptors (Lipinski definition) is 6. The van der Waals surface area contributed by atoms with E-state index in [0.29, 0.717) is 41.5 Å². The molecule has 2 aliphatic rings. The molecule has 0 bridgehead atoms. The normalized spacial score (nSPS) is 18.7. The minimum atomic E-state index is -0.657. The molecular formula is C28H27F2N5O3. The molecule has 1 fully saturated rings. The Labute approximate surface area is 217 Å². The first-order valence-corrected chi connectivity index (χ1v) is 12.6. The van der Waals surface area contributed by atoms with Crippen molar-refractivity contribution < 1.29 is 23.0 Å². The van der Waals surface area contributed by atoms with Crippen molar-refractivity contribution in [3.63, 3.8) is 0 Å². The Morgan fingerprint density at radius 3 is 2.71 bits per heavy atom. The van der Waals surface area contributed by atoms with E-state index in [4.69, 9.17) is 15.2 Å². The number of ether oxygens (including phenoxy) is 2. The molecule has 6 rings (SSSR count). The number of halogens is 2. The second-order valence-electron chi connectivity index (χ2n) is 9.73. The number of hydrogen-bond donors (Lipinski definition) is 2. The molecule has 2 atom stereocenters. The van der Waals surface area contributed by atoms with Crippen molar-refractivity contribution in [2.24, 2.45) is 0 Å². The summed E-state index contributed by atoms with van der Waals surface area (Å²) in [6.45, 7) is 1.01. The van der Waals surface area contributed by atoms with E-state index in [0.717, 1.165) is 35.9 Å². The topological polar surface area (TPSA) is 106 Å². The number of nitrogen functional groups attached to an aromatic ring is 1. The Bertz CT molecular complexity index is 1500. The third-order valence-corrected chi connectivity index (χ3v) is 7.53. The van der Waals surface area contributed by atoms with Gasteiger partial charge < -0.3 is 25.1 Å². The molecule has 196 valence electrons. The van der Waals surface area contributed by atoms with Gasteiger partial charge in [0, 0.05) is 30.0 Å². The van der Waals surface area contributed by atoms with Gasteiger partial charge in [-0.05, 0) is 43.5 Å². The molecular weight excluding hydrogens is 492 g/mol. The Kier molecular flexibility index (Phi) is 6.29. The van der Waals surface area contributed by atoms with Crippen LogP contribution in [0.25, 0.3) is 22.2 Å². The second-order valence-corrected chi connectivity index (χ2v) is 9.73. The standard InChI is InChI=1S/C28H27F2N5O3/c1-37-24-7-3-6-23(24)35(12-16-9-8-15(11-32-16)25-19(29)4-2-5-20(25)30)28(36)22-10-21-26(33-22)17-13-38-14-18(17)27(31)34-21/h2,4-5,8-11,23-24,33H,3,6-7,12-14H2,1H3,(H2,31,34)/t23-,24-/m1/s1. The highest BCUT2D eigenvalue weighted by Crippen LogP contribution is 2.33. The maximum Gasteiger partial charge on any atom is 0.271 e. The van der Waals surface area contributed by atoms with Crippen molar-refractivity contribution in [1.82, 2.24) is 19.9 Å². The van der Waals surface area contributed by atoms with Crippen LogP contribution in [0, 0.1) is 11.6 Å². The predicted molar refractivity (Wildman–Crippen MR) is 137 cm³/mol. The number of carbonyl (C=O) groups excluding carboxylic acids is 1. The van der Waals surface area contributed by atoms with Gasteiger partial charge in [-0.25, -0.2) is 13.8 Å². The number of carbonyl (C=O) groups is 1. The van der Waals surface area contributed by atoms with E-state index in [1.807, 2.05) is 0 Å². The van der Waals surface area contributed by atoms with Crippen LogP contribution in [0.3, 0.4) is 0 Å². The summed E-state index contributed by atoms with van der Waals surface area (Å²) < 4.78 is 39.8. The minimum absolute atomic E-state index is 0.110. The van der Waals surface area contributed by atoms with Gasteiger partial charge in [-0.2, -0.15) is 0 Å². The lowest BCUT2D eigenvalue weighted by Crippen LogP contribution is -2.44. The molecule has 1 aliphatic heterocycles. The van der Waals surface area contributed by atoms with Crippen LogP contribution in [0.5, 0.6) is 0 Å². The van der Waals surface area contributed by atoms with Crippen molar-refractivity contribution in [3.05, 3.63) is 76.7 Å². The number of nitrogens with one attached hydrogen (secondary N) is 1. The molecule has 38 heavy (non-hydrogen) atoms. The van der Waals surface area contributed by atoms with Gasteiger partial charge in [0.15, 0.2) is 0 Å². The quantitative estimate of drug-likeness (QED) is 0.382. The molecule has 0 spiro atoms. The lowest BCUT2D eigenvalue weighted by molar-refractivity contribution is 0.0242. The van der Waals surface area contributed by atoms with Crippen molar-refractivity contribution >= 4 is 22.8 Å². The Hall–Kier alpha value is -3.89. The molecule has 4 heterocycles. The average Bonchev–Trinajstić information content (AvgIpc) is 3.67. The van der Waals surface area contributed by atoms with E-state index in [1.165, 1.54) is 24.4 Å². The van der Waals surface area contributed by atoms with E-state index in [1.54, 1.807) is 30.2 Å². The van der Waals surface area contributed by atoms with Gasteiger partial charge in [0.2, 0.25) is 0 Å². The van der Waals surface area contributed by atoms with Crippen LogP contribution in [-0.4, -0.2) is 45.0 Å². The molecule has 1 amide bonds. The van der Waals surface area contributed by atoms with Crippen LogP contribution in [0.1, 0.15) is 46.6 Å². The van der Waals surface area contributed by atoms with Gasteiger partial charge in [-0.3, -0.25) is 9.78 Å². The molecule has 3 aromatic heterocycles. The van der Waals surface area contributed by atoms with Crippen LogP contribution < -0.4 is 5.73 Å². The summed E-state index contributed by atoms with van der Waals surface area (Å²) >= 11 is 0. The highest BCUT2D eigenvalue weighted by Gasteiger charge is 2.36. The van der Waals surface area contributed by atoms with Gasteiger partial charge >= 0.3 is 0 Å². The highest BCUT2D eigenvalue weighted by molar-refractivity contribution is 5.98. The fraction of sp³-hybridized carbons (Fsp3) is 0.321. The monoisotopic (exact) mass is 519 g/mol. The number of amides is 1. The molecule has 8 nitrogen and oxygen atoms in total. The molecule has 0 saturated heterocycles. The Balaban J connectivity index is 1.34. The number of nitrogens with zero attached hydrogens (tertiary/aromatic N) is 3. The summed E-state index contributed by atoms with van der Waals surface area (Å²) in [6, 6.07) is 8.61. The van der Waals surface area contributed by atoms with Crippen LogP contribution >= 0.6 is 0 Å². The van der Waals surface area contributed by atoms with E-state index in [-0.39, 0.29) is 30.2 Å². The summed E-state index contributed by atoms with van der Waals surface area (Å²) in [4.78, 5) is 27.9. The van der Waals surface area contributed by atoms with Crippen LogP contribution in [0.2, 0.25) is 0 Å². The molecule has 10 heteroatoms. The average molecular weight is 520 g/mol. The first-order valence-electron chi connectivity index (χ1n) is 12.6. The zero-order chi connectivity index (χ0) is 26.4. The van der Waals surface area contributed by atoms with Crippen molar-refractivity contribution in [2.75, 3.05) is 12.8 Å². The summed E-state index contributed by atoms with van der Waals surface area (Å²) in [5, 5.41) is 0. The fourth-order valence-electron chi connectivity index (χ4n) is 5.60. The fourth-order valence-corrected chi connectivity index (χ4v) is 5.60. The zero-order valence-electron chi connectivity index (χ0n) is 20.8. The highest BCUT2D eigenvalue weighted by atomic mass is 19.1. The predicted octanol–water partition coefficient (Wildman–Crippen LogP) is 4.73. The summed E-state index contributed by atoms with van der Waals surface area (Å²) in [5.74, 6) is -1.12. The smallest absolute Gasteiger partial charge is 0.271 e. The number of aromatic nitrogens is 3. The molecule has 0 radical (unpaired) electrons. The van der Waals surface area contributed by atoms with E-state index >= 15 is 0 Å². The second kappa shape index (κ2) is 9.77. The Morgan fingerprint density at radius 1 is 1.18 bits per heavy atom. The van der Waals surface area contributed by atoms with Gasteiger partial charge in [0.1, 0.15) is 23.1 Å². The third-order valence-electron chi connectivity index (χ3n) is 7.53. The zero-order valence-corrected chi connectivity index (χ0v) is 20.8. The summed E-state index contributed by atoms with van der Waals surface area (Å²) in [6.07, 6.45) is 3.89. The van der Waals surface area contributed by atoms with Crippen molar-refractivity contribution in [2.45, 2.75) is 51.2 Å². The number of anilines is 1. The molecule has 4 aromatic rings. The number of methoxy groups -OCH3 is 1. The van der Waals surface area contributed by atoms with E-state index < -0.39 is 11.6 Å². The van der Waals surface area contributed by atoms with Gasteiger partial charge in [0.25, 0.3) is 5.91 Å². The largest absolute Gasteiger partial charge is 0.383 e. The lowest BCUT2D eigenvalue weighted by Gasteiger charge is -2.32. The molecule has 1 saturated carbocycles. The van der Waals surface area contributed by atoms with E-state index in [2.05, 4.69) is 15.0 Å². The summed E-state index contributed by atoms with van der Waals surface area (Å²) in [5.41, 5.74) is 10.4. The number of aromatic amines is 1. The molecule has 1 aromatic carbocycles. The van der Waals surface area contributed by atoms with Crippen LogP contribution in [0.15, 0.2) is 42.6 Å². The van der Waals surface area contributed by atoms with Crippen molar-refractivity contribution in [1.29, 1.82) is 0 Å². The SMILES string of the molecule is CO[C@@H]1CCC[C@H]1N(Cc1ccc(-c2c(F)cccc2F)cn1)C(=O)c1cc2nc(N)c3c(c2[nH]1)COC3. The number of rotatable bonds is 6. The number of nitrogens with two attached hydrogens (primary N) is 1. The molecule has 1 aliphatic carbocycles. The van der Waals surface area contributed by atoms with Gasteiger partial charge in [-0.1, -0.05) is 12.1 Å². The molecule has 0 unspecified atom stereocenters. The number of fused-ring (bicyclic) bond motifs is 3. The first-order chi connectivity index (χ1) is 18.4. The number of H-pyrrole nitrogens is 1. The van der Waals surface area contributed by atoms with Crippen LogP contribution in [0.4, 0.5) is 14.6 Å². The summed E-state index contributed by atoms with van der Waals surface area (Å²) in [7, 11) is 1.65. The van der Waals surface area contributed by atoms with Gasteiger partial charge in [0.05, 0.1) is 54.2 Å². The van der Waals surface area contributed by atoms with Crippen molar-refractivity contribution in [3.8, 4) is 11.1 Å². The maximum absolute atomic E-state index is 14.3. The Morgan fingerprint density at radius 2 is 1.97 bits per heavy atom.